The highest BCUT2D eigenvalue weighted by atomic mass is 16.7. The third-order valence-corrected chi connectivity index (χ3v) is 4.46. The number of benzene rings is 2. The van der Waals surface area contributed by atoms with Gasteiger partial charge in [-0.1, -0.05) is 6.07 Å². The third-order valence-electron chi connectivity index (χ3n) is 4.46. The zero-order chi connectivity index (χ0) is 18.8. The zero-order valence-electron chi connectivity index (χ0n) is 14.7. The molecule has 2 aliphatic heterocycles. The summed E-state index contributed by atoms with van der Waals surface area (Å²) in [6.45, 7) is 0.579. The van der Waals surface area contributed by atoms with Gasteiger partial charge in [0.2, 0.25) is 12.7 Å². The summed E-state index contributed by atoms with van der Waals surface area (Å²) >= 11 is 0. The first kappa shape index (κ1) is 17.0. The molecule has 4 rings (SSSR count). The van der Waals surface area contributed by atoms with E-state index in [0.29, 0.717) is 29.5 Å². The Morgan fingerprint density at radius 3 is 2.89 bits per heavy atom. The van der Waals surface area contributed by atoms with Crippen molar-refractivity contribution in [3.05, 3.63) is 42.5 Å². The maximum Gasteiger partial charge on any atom is 0.319 e. The Bertz CT molecular complexity index is 885. The Balaban J connectivity index is 1.37. The fourth-order valence-electron chi connectivity index (χ4n) is 3.16. The van der Waals surface area contributed by atoms with Gasteiger partial charge in [-0.25, -0.2) is 4.79 Å². The first-order valence-corrected chi connectivity index (χ1v) is 8.54. The molecule has 2 N–H and O–H groups in total. The molecular formula is C19H19N3O5. The molecule has 2 aliphatic rings. The van der Waals surface area contributed by atoms with Gasteiger partial charge in [-0.15, -0.1) is 0 Å². The molecular weight excluding hydrogens is 350 g/mol. The normalized spacial score (nSPS) is 17.7. The van der Waals surface area contributed by atoms with Crippen LogP contribution in [0.2, 0.25) is 0 Å². The maximum absolute atomic E-state index is 12.3. The predicted molar refractivity (Wildman–Crippen MR) is 98.5 cm³/mol. The summed E-state index contributed by atoms with van der Waals surface area (Å²) in [4.78, 5) is 26.3. The molecule has 1 saturated heterocycles. The van der Waals surface area contributed by atoms with Crippen molar-refractivity contribution in [2.24, 2.45) is 0 Å². The number of urea groups is 1. The number of rotatable bonds is 4. The Labute approximate surface area is 156 Å². The molecule has 140 valence electrons. The number of anilines is 2. The molecule has 2 aromatic carbocycles. The van der Waals surface area contributed by atoms with Crippen LogP contribution in [-0.2, 0) is 4.79 Å². The van der Waals surface area contributed by atoms with E-state index < -0.39 is 0 Å². The molecule has 0 saturated carbocycles. The minimum absolute atomic E-state index is 0.0448. The van der Waals surface area contributed by atoms with Crippen molar-refractivity contribution in [1.29, 1.82) is 0 Å². The molecule has 27 heavy (non-hydrogen) atoms. The maximum atomic E-state index is 12.3. The number of amides is 3. The van der Waals surface area contributed by atoms with Gasteiger partial charge in [-0.2, -0.15) is 0 Å². The Morgan fingerprint density at radius 1 is 1.19 bits per heavy atom. The molecule has 2 heterocycles. The fourth-order valence-corrected chi connectivity index (χ4v) is 3.16. The Hall–Kier alpha value is -3.42. The number of methoxy groups -OCH3 is 1. The Kier molecular flexibility index (Phi) is 4.45. The van der Waals surface area contributed by atoms with Crippen LogP contribution in [0.15, 0.2) is 42.5 Å². The number of hydrogen-bond donors (Lipinski definition) is 2. The fraction of sp³-hybridized carbons (Fsp3) is 0.263. The van der Waals surface area contributed by atoms with Crippen molar-refractivity contribution in [3.8, 4) is 17.2 Å². The average Bonchev–Trinajstić information content (AvgIpc) is 3.27. The molecule has 0 bridgehead atoms. The van der Waals surface area contributed by atoms with Crippen LogP contribution in [0, 0.1) is 0 Å². The van der Waals surface area contributed by atoms with E-state index in [1.165, 1.54) is 0 Å². The molecule has 2 aromatic rings. The first-order chi connectivity index (χ1) is 13.1. The average molecular weight is 369 g/mol. The second kappa shape index (κ2) is 7.06. The summed E-state index contributed by atoms with van der Waals surface area (Å²) in [6, 6.07) is 11.8. The first-order valence-electron chi connectivity index (χ1n) is 8.54. The van der Waals surface area contributed by atoms with Gasteiger partial charge >= 0.3 is 6.03 Å². The summed E-state index contributed by atoms with van der Waals surface area (Å²) in [5, 5.41) is 5.59. The number of nitrogens with one attached hydrogen (secondary N) is 2. The van der Waals surface area contributed by atoms with E-state index in [4.69, 9.17) is 14.2 Å². The number of ether oxygens (including phenoxy) is 3. The minimum Gasteiger partial charge on any atom is -0.497 e. The topological polar surface area (TPSA) is 89.1 Å². The van der Waals surface area contributed by atoms with Crippen LogP contribution in [0.5, 0.6) is 17.2 Å². The number of carbonyl (C=O) groups is 2. The molecule has 0 aliphatic carbocycles. The SMILES string of the molecule is COc1cccc(N2C[C@H](NC(=O)Nc3ccc4c(c3)OCO4)CC2=O)c1. The molecule has 0 aromatic heterocycles. The van der Waals surface area contributed by atoms with Crippen LogP contribution in [-0.4, -0.2) is 38.4 Å². The highest BCUT2D eigenvalue weighted by Crippen LogP contribution is 2.34. The van der Waals surface area contributed by atoms with E-state index in [9.17, 15) is 9.59 Å². The van der Waals surface area contributed by atoms with Gasteiger partial charge in [-0.05, 0) is 24.3 Å². The van der Waals surface area contributed by atoms with E-state index in [-0.39, 0.29) is 31.2 Å². The third kappa shape index (κ3) is 3.59. The van der Waals surface area contributed by atoms with Crippen molar-refractivity contribution in [2.45, 2.75) is 12.5 Å². The van der Waals surface area contributed by atoms with Crippen LogP contribution in [0.3, 0.4) is 0 Å². The van der Waals surface area contributed by atoms with Crippen LogP contribution >= 0.6 is 0 Å². The highest BCUT2D eigenvalue weighted by Gasteiger charge is 2.31. The summed E-state index contributed by atoms with van der Waals surface area (Å²) in [7, 11) is 1.58. The van der Waals surface area contributed by atoms with Gasteiger partial charge in [0.15, 0.2) is 11.5 Å². The van der Waals surface area contributed by atoms with E-state index in [1.807, 2.05) is 18.2 Å². The quantitative estimate of drug-likeness (QED) is 0.864. The van der Waals surface area contributed by atoms with Gasteiger partial charge < -0.3 is 29.7 Å². The van der Waals surface area contributed by atoms with Crippen molar-refractivity contribution in [1.82, 2.24) is 5.32 Å². The number of fused-ring (bicyclic) bond motifs is 1. The number of nitrogens with zero attached hydrogens (tertiary/aromatic N) is 1. The molecule has 0 unspecified atom stereocenters. The highest BCUT2D eigenvalue weighted by molar-refractivity contribution is 5.97. The second-order valence-corrected chi connectivity index (χ2v) is 6.27. The minimum atomic E-state index is -0.376. The van der Waals surface area contributed by atoms with Crippen molar-refractivity contribution in [3.63, 3.8) is 0 Å². The lowest BCUT2D eigenvalue weighted by Crippen LogP contribution is -2.39. The van der Waals surface area contributed by atoms with E-state index in [0.717, 1.165) is 5.69 Å². The van der Waals surface area contributed by atoms with Crippen LogP contribution in [0.1, 0.15) is 6.42 Å². The molecule has 3 amide bonds. The van der Waals surface area contributed by atoms with Gasteiger partial charge in [0, 0.05) is 36.5 Å². The molecule has 8 heteroatoms. The lowest BCUT2D eigenvalue weighted by Gasteiger charge is -2.18. The summed E-state index contributed by atoms with van der Waals surface area (Å²) in [6.07, 6.45) is 0.242. The molecule has 8 nitrogen and oxygen atoms in total. The van der Waals surface area contributed by atoms with E-state index in [2.05, 4.69) is 10.6 Å². The van der Waals surface area contributed by atoms with Gasteiger partial charge in [0.25, 0.3) is 0 Å². The molecule has 0 radical (unpaired) electrons. The number of hydrogen-bond acceptors (Lipinski definition) is 5. The second-order valence-electron chi connectivity index (χ2n) is 6.27. The molecule has 1 atom stereocenters. The Morgan fingerprint density at radius 2 is 2.04 bits per heavy atom. The summed E-state index contributed by atoms with van der Waals surface area (Å²) in [5.41, 5.74) is 1.34. The largest absolute Gasteiger partial charge is 0.497 e. The van der Waals surface area contributed by atoms with Gasteiger partial charge in [-0.3, -0.25) is 4.79 Å². The van der Waals surface area contributed by atoms with E-state index >= 15 is 0 Å². The lowest BCUT2D eigenvalue weighted by atomic mass is 10.2. The van der Waals surface area contributed by atoms with Crippen molar-refractivity contribution in [2.75, 3.05) is 30.7 Å². The van der Waals surface area contributed by atoms with Crippen molar-refractivity contribution < 1.29 is 23.8 Å². The van der Waals surface area contributed by atoms with Gasteiger partial charge in [0.1, 0.15) is 5.75 Å². The monoisotopic (exact) mass is 369 g/mol. The van der Waals surface area contributed by atoms with Crippen LogP contribution in [0.4, 0.5) is 16.2 Å². The standard InChI is InChI=1S/C19H19N3O5/c1-25-15-4-2-3-14(9-15)22-10-13(8-18(22)23)21-19(24)20-12-5-6-16-17(7-12)27-11-26-16/h2-7,9,13H,8,10-11H2,1H3,(H2,20,21,24)/t13-/m1/s1. The predicted octanol–water partition coefficient (Wildman–Crippen LogP) is 2.35. The van der Waals surface area contributed by atoms with E-state index in [1.54, 1.807) is 36.3 Å². The molecule has 0 spiro atoms. The summed E-state index contributed by atoms with van der Waals surface area (Å²) < 4.78 is 15.7. The zero-order valence-corrected chi connectivity index (χ0v) is 14.7. The smallest absolute Gasteiger partial charge is 0.319 e. The lowest BCUT2D eigenvalue weighted by molar-refractivity contribution is -0.117. The molecule has 1 fully saturated rings. The van der Waals surface area contributed by atoms with Crippen LogP contribution < -0.4 is 29.7 Å². The van der Waals surface area contributed by atoms with Crippen molar-refractivity contribution >= 4 is 23.3 Å². The van der Waals surface area contributed by atoms with Crippen LogP contribution in [0.25, 0.3) is 0 Å². The number of carbonyl (C=O) groups excluding carboxylic acids is 2. The summed E-state index contributed by atoms with van der Waals surface area (Å²) in [5.74, 6) is 1.87. The van der Waals surface area contributed by atoms with Gasteiger partial charge in [0.05, 0.1) is 13.2 Å².